The molecule has 0 bridgehead atoms. The highest BCUT2D eigenvalue weighted by Crippen LogP contribution is 2.31. The summed E-state index contributed by atoms with van der Waals surface area (Å²) in [6.45, 7) is 1.45. The maximum atomic E-state index is 12.6. The molecule has 3 nitrogen and oxygen atoms in total. The van der Waals surface area contributed by atoms with Gasteiger partial charge in [0.2, 0.25) is 0 Å². The molecule has 7 heteroatoms. The highest BCUT2D eigenvalue weighted by molar-refractivity contribution is 9.10. The first-order chi connectivity index (χ1) is 10.8. The van der Waals surface area contributed by atoms with E-state index >= 15 is 0 Å². The van der Waals surface area contributed by atoms with Crippen molar-refractivity contribution in [2.45, 2.75) is 13.1 Å². The third-order valence-corrected chi connectivity index (χ3v) is 3.49. The van der Waals surface area contributed by atoms with Crippen LogP contribution in [0.25, 0.3) is 0 Å². The van der Waals surface area contributed by atoms with Crippen LogP contribution in [0.2, 0.25) is 0 Å². The smallest absolute Gasteiger partial charge is 0.416 e. The minimum atomic E-state index is -4.45. The van der Waals surface area contributed by atoms with Crippen molar-refractivity contribution in [3.63, 3.8) is 0 Å². The molecule has 2 rings (SSSR count). The lowest BCUT2D eigenvalue weighted by Crippen LogP contribution is -2.20. The molecule has 2 aromatic carbocycles. The van der Waals surface area contributed by atoms with E-state index in [0.29, 0.717) is 5.69 Å². The summed E-state index contributed by atoms with van der Waals surface area (Å²) in [5.41, 5.74) is 0.650. The Kier molecular flexibility index (Phi) is 5.30. The number of carbonyl (C=O) groups excluding carboxylic acids is 1. The molecule has 0 aliphatic carbocycles. The molecular formula is C16H13BrF3NO2. The minimum Gasteiger partial charge on any atom is -0.484 e. The molecule has 0 aliphatic rings. The highest BCUT2D eigenvalue weighted by Gasteiger charge is 2.30. The number of aryl methyl sites for hydroxylation is 1. The van der Waals surface area contributed by atoms with Crippen molar-refractivity contribution in [1.29, 1.82) is 0 Å². The molecule has 2 aromatic rings. The zero-order chi connectivity index (χ0) is 17.0. The Labute approximate surface area is 139 Å². The van der Waals surface area contributed by atoms with E-state index in [1.165, 1.54) is 12.1 Å². The van der Waals surface area contributed by atoms with Crippen molar-refractivity contribution in [2.75, 3.05) is 11.9 Å². The Morgan fingerprint density at radius 2 is 1.96 bits per heavy atom. The average Bonchev–Trinajstić information content (AvgIpc) is 2.47. The number of alkyl halides is 3. The molecule has 122 valence electrons. The second kappa shape index (κ2) is 7.04. The van der Waals surface area contributed by atoms with Crippen LogP contribution >= 0.6 is 15.9 Å². The first kappa shape index (κ1) is 17.3. The van der Waals surface area contributed by atoms with Gasteiger partial charge in [0.05, 0.1) is 5.56 Å². The fraction of sp³-hybridized carbons (Fsp3) is 0.188. The van der Waals surface area contributed by atoms with Gasteiger partial charge < -0.3 is 10.1 Å². The van der Waals surface area contributed by atoms with Gasteiger partial charge in [-0.2, -0.15) is 13.2 Å². The van der Waals surface area contributed by atoms with Gasteiger partial charge in [-0.15, -0.1) is 0 Å². The predicted octanol–water partition coefficient (Wildman–Crippen LogP) is 4.79. The summed E-state index contributed by atoms with van der Waals surface area (Å²) in [5, 5.41) is 2.65. The maximum Gasteiger partial charge on any atom is 0.416 e. The van der Waals surface area contributed by atoms with Crippen LogP contribution in [0.15, 0.2) is 46.9 Å². The van der Waals surface area contributed by atoms with E-state index in [0.717, 1.165) is 22.2 Å². The van der Waals surface area contributed by atoms with E-state index in [1.54, 1.807) is 12.1 Å². The van der Waals surface area contributed by atoms with Gasteiger partial charge in [0, 0.05) is 10.2 Å². The summed E-state index contributed by atoms with van der Waals surface area (Å²) in [4.78, 5) is 11.8. The van der Waals surface area contributed by atoms with Crippen molar-refractivity contribution in [2.24, 2.45) is 0 Å². The lowest BCUT2D eigenvalue weighted by Gasteiger charge is -2.11. The molecule has 0 saturated heterocycles. The van der Waals surface area contributed by atoms with Gasteiger partial charge in [-0.05, 0) is 48.9 Å². The standard InChI is InChI=1S/C16H13BrF3NO2/c1-10-7-12(17)5-6-14(10)21-15(22)9-23-13-4-2-3-11(8-13)16(18,19)20/h2-8H,9H2,1H3,(H,21,22). The van der Waals surface area contributed by atoms with Crippen molar-refractivity contribution < 1.29 is 22.7 Å². The van der Waals surface area contributed by atoms with E-state index in [9.17, 15) is 18.0 Å². The molecule has 0 saturated carbocycles. The molecule has 1 amide bonds. The van der Waals surface area contributed by atoms with Crippen LogP contribution in [0.5, 0.6) is 5.75 Å². The monoisotopic (exact) mass is 387 g/mol. The normalized spacial score (nSPS) is 11.2. The molecule has 0 radical (unpaired) electrons. The maximum absolute atomic E-state index is 12.6. The molecule has 0 heterocycles. The molecule has 0 fully saturated rings. The van der Waals surface area contributed by atoms with Crippen molar-refractivity contribution in [3.05, 3.63) is 58.1 Å². The molecule has 0 aromatic heterocycles. The van der Waals surface area contributed by atoms with Gasteiger partial charge in [-0.3, -0.25) is 4.79 Å². The third kappa shape index (κ3) is 4.99. The van der Waals surface area contributed by atoms with Gasteiger partial charge in [0.15, 0.2) is 6.61 Å². The molecule has 0 atom stereocenters. The van der Waals surface area contributed by atoms with Crippen LogP contribution in [0.3, 0.4) is 0 Å². The van der Waals surface area contributed by atoms with E-state index in [4.69, 9.17) is 4.74 Å². The second-order valence-electron chi connectivity index (χ2n) is 4.82. The largest absolute Gasteiger partial charge is 0.484 e. The number of hydrogen-bond donors (Lipinski definition) is 1. The molecule has 0 aliphatic heterocycles. The Hall–Kier alpha value is -2.02. The number of carbonyl (C=O) groups is 1. The van der Waals surface area contributed by atoms with Crippen LogP contribution < -0.4 is 10.1 Å². The Bertz CT molecular complexity index is 717. The Morgan fingerprint density at radius 1 is 1.22 bits per heavy atom. The number of benzene rings is 2. The first-order valence-electron chi connectivity index (χ1n) is 6.62. The zero-order valence-electron chi connectivity index (χ0n) is 12.1. The average molecular weight is 388 g/mol. The van der Waals surface area contributed by atoms with Gasteiger partial charge >= 0.3 is 6.18 Å². The topological polar surface area (TPSA) is 38.3 Å². The SMILES string of the molecule is Cc1cc(Br)ccc1NC(=O)COc1cccc(C(F)(F)F)c1. The fourth-order valence-electron chi connectivity index (χ4n) is 1.86. The summed E-state index contributed by atoms with van der Waals surface area (Å²) in [5.74, 6) is -0.463. The molecule has 0 unspecified atom stereocenters. The van der Waals surface area contributed by atoms with Crippen LogP contribution in [0, 0.1) is 6.92 Å². The van der Waals surface area contributed by atoms with E-state index in [1.807, 2.05) is 13.0 Å². The van der Waals surface area contributed by atoms with E-state index in [2.05, 4.69) is 21.2 Å². The molecular weight excluding hydrogens is 375 g/mol. The first-order valence-corrected chi connectivity index (χ1v) is 7.41. The summed E-state index contributed by atoms with van der Waals surface area (Å²) in [6.07, 6.45) is -4.45. The Morgan fingerprint density at radius 3 is 2.61 bits per heavy atom. The zero-order valence-corrected chi connectivity index (χ0v) is 13.7. The summed E-state index contributed by atoms with van der Waals surface area (Å²) < 4.78 is 43.8. The number of rotatable bonds is 4. The third-order valence-electron chi connectivity index (χ3n) is 2.99. The Balaban J connectivity index is 1.97. The quantitative estimate of drug-likeness (QED) is 0.818. The lowest BCUT2D eigenvalue weighted by molar-refractivity contribution is -0.137. The van der Waals surface area contributed by atoms with Crippen molar-refractivity contribution >= 4 is 27.5 Å². The minimum absolute atomic E-state index is 0.0116. The number of nitrogens with one attached hydrogen (secondary N) is 1. The molecule has 1 N–H and O–H groups in total. The number of halogens is 4. The van der Waals surface area contributed by atoms with Gasteiger partial charge in [-0.25, -0.2) is 0 Å². The number of hydrogen-bond acceptors (Lipinski definition) is 2. The summed E-state index contributed by atoms with van der Waals surface area (Å²) >= 11 is 3.32. The molecule has 23 heavy (non-hydrogen) atoms. The van der Waals surface area contributed by atoms with Gasteiger partial charge in [-0.1, -0.05) is 22.0 Å². The second-order valence-corrected chi connectivity index (χ2v) is 5.74. The number of anilines is 1. The summed E-state index contributed by atoms with van der Waals surface area (Å²) in [7, 11) is 0. The number of ether oxygens (including phenoxy) is 1. The molecule has 0 spiro atoms. The predicted molar refractivity (Wildman–Crippen MR) is 84.4 cm³/mol. The van der Waals surface area contributed by atoms with Crippen molar-refractivity contribution in [1.82, 2.24) is 0 Å². The summed E-state index contributed by atoms with van der Waals surface area (Å²) in [6, 6.07) is 9.74. The highest BCUT2D eigenvalue weighted by atomic mass is 79.9. The lowest BCUT2D eigenvalue weighted by atomic mass is 10.2. The van der Waals surface area contributed by atoms with Gasteiger partial charge in [0.1, 0.15) is 5.75 Å². The fourth-order valence-corrected chi connectivity index (χ4v) is 2.34. The van der Waals surface area contributed by atoms with Crippen molar-refractivity contribution in [3.8, 4) is 5.75 Å². The van der Waals surface area contributed by atoms with Crippen LogP contribution in [-0.2, 0) is 11.0 Å². The van der Waals surface area contributed by atoms with Crippen LogP contribution in [0.4, 0.5) is 18.9 Å². The van der Waals surface area contributed by atoms with Gasteiger partial charge in [0.25, 0.3) is 5.91 Å². The van der Waals surface area contributed by atoms with E-state index < -0.39 is 17.6 Å². The van der Waals surface area contributed by atoms with Crippen LogP contribution in [0.1, 0.15) is 11.1 Å². The number of amides is 1. The van der Waals surface area contributed by atoms with Crippen LogP contribution in [-0.4, -0.2) is 12.5 Å². The van der Waals surface area contributed by atoms with E-state index in [-0.39, 0.29) is 12.4 Å².